The zero-order valence-electron chi connectivity index (χ0n) is 11.5. The van der Waals surface area contributed by atoms with Crippen molar-refractivity contribution in [3.8, 4) is 0 Å². The highest BCUT2D eigenvalue weighted by Gasteiger charge is 2.59. The van der Waals surface area contributed by atoms with Crippen LogP contribution in [0, 0.1) is 16.7 Å². The van der Waals surface area contributed by atoms with E-state index in [0.717, 1.165) is 19.1 Å². The van der Waals surface area contributed by atoms with E-state index in [0.29, 0.717) is 16.9 Å². The molecule has 0 amide bonds. The summed E-state index contributed by atoms with van der Waals surface area (Å²) in [6.45, 7) is 9.16. The fourth-order valence-corrected chi connectivity index (χ4v) is 4.03. The van der Waals surface area contributed by atoms with Crippen molar-refractivity contribution >= 4 is 0 Å². The summed E-state index contributed by atoms with van der Waals surface area (Å²) in [5, 5.41) is 0. The first-order valence-corrected chi connectivity index (χ1v) is 6.62. The van der Waals surface area contributed by atoms with Crippen LogP contribution in [-0.4, -0.2) is 38.3 Å². The van der Waals surface area contributed by atoms with Gasteiger partial charge < -0.3 is 9.64 Å². The van der Waals surface area contributed by atoms with Crippen LogP contribution in [0.25, 0.3) is 0 Å². The summed E-state index contributed by atoms with van der Waals surface area (Å²) < 4.78 is 6.22. The van der Waals surface area contributed by atoms with Gasteiger partial charge in [0.15, 0.2) is 0 Å². The molecule has 0 aliphatic heterocycles. The van der Waals surface area contributed by atoms with Crippen LogP contribution < -0.4 is 0 Å². The molecule has 0 spiro atoms. The molecule has 0 unspecified atom stereocenters. The molecule has 0 N–H and O–H groups in total. The van der Waals surface area contributed by atoms with Crippen molar-refractivity contribution < 1.29 is 4.74 Å². The minimum atomic E-state index is 0.388. The number of nitrogens with zero attached hydrogens (tertiary/aromatic N) is 1. The largest absolute Gasteiger partial charge is 0.376 e. The molecule has 2 aliphatic carbocycles. The lowest BCUT2D eigenvalue weighted by molar-refractivity contribution is -0.0906. The molecule has 2 fully saturated rings. The van der Waals surface area contributed by atoms with Gasteiger partial charge in [-0.05, 0) is 50.1 Å². The van der Waals surface area contributed by atoms with E-state index in [1.807, 2.05) is 0 Å². The summed E-state index contributed by atoms with van der Waals surface area (Å²) in [6, 6.07) is 0. The molecule has 16 heavy (non-hydrogen) atoms. The zero-order chi connectivity index (χ0) is 12.0. The lowest BCUT2D eigenvalue weighted by atomic mass is 9.70. The fourth-order valence-electron chi connectivity index (χ4n) is 4.03. The van der Waals surface area contributed by atoms with Gasteiger partial charge in [0.2, 0.25) is 0 Å². The summed E-state index contributed by atoms with van der Waals surface area (Å²) in [7, 11) is 4.22. The van der Waals surface area contributed by atoms with E-state index in [1.54, 1.807) is 0 Å². The Morgan fingerprint density at radius 1 is 1.25 bits per heavy atom. The predicted octanol–water partition coefficient (Wildman–Crippen LogP) is 2.78. The first-order valence-electron chi connectivity index (χ1n) is 6.62. The second-order valence-electron chi connectivity index (χ2n) is 6.97. The molecule has 0 aromatic rings. The summed E-state index contributed by atoms with van der Waals surface area (Å²) in [6.07, 6.45) is 4.64. The summed E-state index contributed by atoms with van der Waals surface area (Å²) >= 11 is 0. The van der Waals surface area contributed by atoms with Crippen LogP contribution in [0.15, 0.2) is 0 Å². The van der Waals surface area contributed by atoms with Gasteiger partial charge in [-0.2, -0.15) is 0 Å². The Hall–Kier alpha value is -0.0800. The summed E-state index contributed by atoms with van der Waals surface area (Å²) in [5.41, 5.74) is 0.847. The molecule has 2 aliphatic rings. The Kier molecular flexibility index (Phi) is 3.09. The van der Waals surface area contributed by atoms with Crippen molar-refractivity contribution in [1.82, 2.24) is 4.90 Å². The Morgan fingerprint density at radius 3 is 2.44 bits per heavy atom. The molecule has 2 rings (SSSR count). The molecular weight excluding hydrogens is 198 g/mol. The van der Waals surface area contributed by atoms with Crippen LogP contribution >= 0.6 is 0 Å². The summed E-state index contributed by atoms with van der Waals surface area (Å²) in [4.78, 5) is 2.20. The molecule has 2 heteroatoms. The average Bonchev–Trinajstić information content (AvgIpc) is 2.62. The van der Waals surface area contributed by atoms with Crippen LogP contribution in [0.2, 0.25) is 0 Å². The van der Waals surface area contributed by atoms with Gasteiger partial charge >= 0.3 is 0 Å². The molecule has 3 atom stereocenters. The van der Waals surface area contributed by atoms with Gasteiger partial charge in [-0.25, -0.2) is 0 Å². The van der Waals surface area contributed by atoms with Gasteiger partial charge in [0, 0.05) is 6.54 Å². The van der Waals surface area contributed by atoms with Gasteiger partial charge in [-0.15, -0.1) is 0 Å². The first kappa shape index (κ1) is 12.4. The van der Waals surface area contributed by atoms with E-state index in [2.05, 4.69) is 39.8 Å². The van der Waals surface area contributed by atoms with Crippen molar-refractivity contribution in [3.05, 3.63) is 0 Å². The lowest BCUT2D eigenvalue weighted by Gasteiger charge is -2.42. The standard InChI is InChI=1S/C14H27NO/c1-13(2)11-6-7-14(3,10-11)12(13)16-9-8-15(4)5/h11-12H,6-10H2,1-5H3/t11-,12-,14-/m1/s1. The number of hydrogen-bond donors (Lipinski definition) is 0. The molecule has 94 valence electrons. The topological polar surface area (TPSA) is 12.5 Å². The molecule has 0 aromatic heterocycles. The van der Waals surface area contributed by atoms with Crippen LogP contribution in [0.3, 0.4) is 0 Å². The lowest BCUT2D eigenvalue weighted by Crippen LogP contribution is -2.43. The van der Waals surface area contributed by atoms with E-state index < -0.39 is 0 Å². The van der Waals surface area contributed by atoms with Gasteiger partial charge in [0.25, 0.3) is 0 Å². The maximum absolute atomic E-state index is 6.22. The molecule has 2 bridgehead atoms. The number of rotatable bonds is 4. The van der Waals surface area contributed by atoms with Crippen LogP contribution in [0.4, 0.5) is 0 Å². The normalized spacial score (nSPS) is 40.9. The highest BCUT2D eigenvalue weighted by atomic mass is 16.5. The second kappa shape index (κ2) is 3.99. The highest BCUT2D eigenvalue weighted by Crippen LogP contribution is 2.63. The van der Waals surface area contributed by atoms with Crippen molar-refractivity contribution in [1.29, 1.82) is 0 Å². The molecule has 2 saturated carbocycles. The third-order valence-electron chi connectivity index (χ3n) is 4.96. The minimum Gasteiger partial charge on any atom is -0.376 e. The van der Waals surface area contributed by atoms with Gasteiger partial charge in [0.1, 0.15) is 0 Å². The number of hydrogen-bond acceptors (Lipinski definition) is 2. The van der Waals surface area contributed by atoms with Crippen molar-refractivity contribution in [2.24, 2.45) is 16.7 Å². The van der Waals surface area contributed by atoms with Crippen molar-refractivity contribution in [2.75, 3.05) is 27.2 Å². The third-order valence-corrected chi connectivity index (χ3v) is 4.96. The summed E-state index contributed by atoms with van der Waals surface area (Å²) in [5.74, 6) is 0.891. The van der Waals surface area contributed by atoms with Crippen molar-refractivity contribution in [2.45, 2.75) is 46.1 Å². The van der Waals surface area contributed by atoms with Gasteiger partial charge in [-0.1, -0.05) is 20.8 Å². The van der Waals surface area contributed by atoms with Crippen LogP contribution in [0.1, 0.15) is 40.0 Å². The molecule has 0 aromatic carbocycles. The monoisotopic (exact) mass is 225 g/mol. The highest BCUT2D eigenvalue weighted by molar-refractivity contribution is 5.09. The molecule has 0 saturated heterocycles. The van der Waals surface area contributed by atoms with E-state index >= 15 is 0 Å². The van der Waals surface area contributed by atoms with Crippen molar-refractivity contribution in [3.63, 3.8) is 0 Å². The van der Waals surface area contributed by atoms with E-state index in [9.17, 15) is 0 Å². The smallest absolute Gasteiger partial charge is 0.0682 e. The number of ether oxygens (including phenoxy) is 1. The Balaban J connectivity index is 1.97. The Labute approximate surface area is 100 Å². The Bertz CT molecular complexity index is 257. The minimum absolute atomic E-state index is 0.388. The average molecular weight is 225 g/mol. The Morgan fingerprint density at radius 2 is 1.94 bits per heavy atom. The third kappa shape index (κ3) is 1.91. The maximum atomic E-state index is 6.22. The van der Waals surface area contributed by atoms with Crippen LogP contribution in [0.5, 0.6) is 0 Å². The predicted molar refractivity (Wildman–Crippen MR) is 67.5 cm³/mol. The zero-order valence-corrected chi connectivity index (χ0v) is 11.5. The van der Waals surface area contributed by atoms with E-state index in [-0.39, 0.29) is 0 Å². The SMILES string of the molecule is CN(C)CCO[C@@H]1C(C)(C)[C@@H]2CC[C@]1(C)C2. The van der Waals surface area contributed by atoms with Gasteiger partial charge in [0.05, 0.1) is 12.7 Å². The molecule has 2 nitrogen and oxygen atoms in total. The quantitative estimate of drug-likeness (QED) is 0.729. The van der Waals surface area contributed by atoms with Crippen LogP contribution in [-0.2, 0) is 4.74 Å². The van der Waals surface area contributed by atoms with Gasteiger partial charge in [-0.3, -0.25) is 0 Å². The molecule has 0 radical (unpaired) electrons. The molecular formula is C14H27NO. The second-order valence-corrected chi connectivity index (χ2v) is 6.97. The number of likely N-dealkylation sites (N-methyl/N-ethyl adjacent to an activating group) is 1. The fraction of sp³-hybridized carbons (Fsp3) is 1.00. The maximum Gasteiger partial charge on any atom is 0.0682 e. The van der Waals surface area contributed by atoms with E-state index in [4.69, 9.17) is 4.74 Å². The first-order chi connectivity index (χ1) is 7.36. The van der Waals surface area contributed by atoms with E-state index in [1.165, 1.54) is 19.3 Å². The number of fused-ring (bicyclic) bond motifs is 2. The molecule has 0 heterocycles.